The zero-order valence-corrected chi connectivity index (χ0v) is 11.8. The van der Waals surface area contributed by atoms with E-state index >= 15 is 0 Å². The molecular weight excluding hydrogens is 266 g/mol. The van der Waals surface area contributed by atoms with Crippen LogP contribution in [0, 0.1) is 0 Å². The lowest BCUT2D eigenvalue weighted by atomic mass is 9.96. The summed E-state index contributed by atoms with van der Waals surface area (Å²) in [6.07, 6.45) is 2.42. The van der Waals surface area contributed by atoms with E-state index in [1.165, 1.54) is 0 Å². The van der Waals surface area contributed by atoms with Gasteiger partial charge in [-0.25, -0.2) is 0 Å². The molecule has 1 heterocycles. The van der Waals surface area contributed by atoms with Crippen LogP contribution in [0.1, 0.15) is 12.0 Å². The predicted molar refractivity (Wildman–Crippen MR) is 83.9 cm³/mol. The number of allylic oxidation sites excluding steroid dienone is 1. The minimum Gasteiger partial charge on any atom is -0.324 e. The third-order valence-corrected chi connectivity index (χ3v) is 4.87. The Morgan fingerprint density at radius 1 is 1.10 bits per heavy atom. The third kappa shape index (κ3) is 2.04. The minimum absolute atomic E-state index is 0.0347. The Balaban J connectivity index is 2.08. The first kappa shape index (κ1) is 13.0. The van der Waals surface area contributed by atoms with Crippen LogP contribution in [-0.4, -0.2) is 5.91 Å². The van der Waals surface area contributed by atoms with Crippen molar-refractivity contribution in [3.63, 3.8) is 0 Å². The molecule has 0 fully saturated rings. The third-order valence-electron chi connectivity index (χ3n) is 3.44. The lowest BCUT2D eigenvalue weighted by Gasteiger charge is -2.25. The molecular formula is C17H15NOS. The normalized spacial score (nSPS) is 20.3. The van der Waals surface area contributed by atoms with E-state index in [2.05, 4.69) is 11.9 Å². The van der Waals surface area contributed by atoms with Crippen LogP contribution < -0.4 is 5.32 Å². The molecule has 1 atom stereocenters. The quantitative estimate of drug-likeness (QED) is 0.851. The molecule has 0 radical (unpaired) electrons. The molecule has 0 bridgehead atoms. The molecule has 0 spiro atoms. The number of carbonyl (C=O) groups excluding carboxylic acids is 1. The average molecular weight is 281 g/mol. The van der Waals surface area contributed by atoms with Gasteiger partial charge in [0.15, 0.2) is 0 Å². The topological polar surface area (TPSA) is 29.1 Å². The van der Waals surface area contributed by atoms with E-state index in [9.17, 15) is 4.79 Å². The summed E-state index contributed by atoms with van der Waals surface area (Å²) < 4.78 is -0.611. The Labute approximate surface area is 122 Å². The maximum absolute atomic E-state index is 12.6. The van der Waals surface area contributed by atoms with Crippen LogP contribution in [0.5, 0.6) is 0 Å². The smallest absolute Gasteiger partial charge is 0.245 e. The van der Waals surface area contributed by atoms with Crippen LogP contribution in [0.15, 0.2) is 72.1 Å². The van der Waals surface area contributed by atoms with Gasteiger partial charge in [-0.15, -0.1) is 18.3 Å². The van der Waals surface area contributed by atoms with Gasteiger partial charge in [0.05, 0.1) is 0 Å². The highest BCUT2D eigenvalue weighted by molar-refractivity contribution is 8.01. The fourth-order valence-electron chi connectivity index (χ4n) is 2.53. The molecule has 1 N–H and O–H groups in total. The number of fused-ring (bicyclic) bond motifs is 1. The first-order valence-corrected chi connectivity index (χ1v) is 7.34. The largest absolute Gasteiger partial charge is 0.324 e. The molecule has 0 aromatic heterocycles. The molecule has 1 amide bonds. The Kier molecular flexibility index (Phi) is 3.36. The van der Waals surface area contributed by atoms with Gasteiger partial charge in [-0.05, 0) is 24.6 Å². The molecule has 1 aliphatic heterocycles. The highest BCUT2D eigenvalue weighted by Gasteiger charge is 2.46. The number of amides is 1. The Hall–Kier alpha value is -2.00. The zero-order valence-electron chi connectivity index (χ0n) is 11.0. The first-order valence-electron chi connectivity index (χ1n) is 6.52. The van der Waals surface area contributed by atoms with Gasteiger partial charge in [0.1, 0.15) is 4.75 Å². The van der Waals surface area contributed by atoms with Crippen LogP contribution in [-0.2, 0) is 9.54 Å². The number of hydrogen-bond acceptors (Lipinski definition) is 2. The molecule has 2 nitrogen and oxygen atoms in total. The van der Waals surface area contributed by atoms with Crippen molar-refractivity contribution in [1.82, 2.24) is 0 Å². The summed E-state index contributed by atoms with van der Waals surface area (Å²) in [5.41, 5.74) is 1.95. The van der Waals surface area contributed by atoms with Crippen LogP contribution in [0.3, 0.4) is 0 Å². The van der Waals surface area contributed by atoms with Gasteiger partial charge in [0.2, 0.25) is 5.91 Å². The van der Waals surface area contributed by atoms with E-state index < -0.39 is 4.75 Å². The average Bonchev–Trinajstić information content (AvgIpc) is 2.74. The van der Waals surface area contributed by atoms with Crippen LogP contribution in [0.2, 0.25) is 0 Å². The molecule has 100 valence electrons. The summed E-state index contributed by atoms with van der Waals surface area (Å²) in [5.74, 6) is 0.0347. The van der Waals surface area contributed by atoms with E-state index in [1.54, 1.807) is 11.8 Å². The van der Waals surface area contributed by atoms with E-state index in [-0.39, 0.29) is 5.91 Å². The first-order chi connectivity index (χ1) is 9.76. The summed E-state index contributed by atoms with van der Waals surface area (Å²) in [7, 11) is 0. The minimum atomic E-state index is -0.611. The SMILES string of the molecule is C=CC[C@]1(Sc2ccccc2)C(=O)Nc2ccccc21. The van der Waals surface area contributed by atoms with Gasteiger partial charge in [0, 0.05) is 16.1 Å². The van der Waals surface area contributed by atoms with Crippen molar-refractivity contribution in [1.29, 1.82) is 0 Å². The van der Waals surface area contributed by atoms with Gasteiger partial charge >= 0.3 is 0 Å². The molecule has 0 saturated heterocycles. The van der Waals surface area contributed by atoms with Crippen molar-refractivity contribution in [3.05, 3.63) is 72.8 Å². The van der Waals surface area contributed by atoms with E-state index in [0.29, 0.717) is 6.42 Å². The second-order valence-corrected chi connectivity index (χ2v) is 6.11. The lowest BCUT2D eigenvalue weighted by molar-refractivity contribution is -0.118. The van der Waals surface area contributed by atoms with Crippen LogP contribution >= 0.6 is 11.8 Å². The predicted octanol–water partition coefficient (Wildman–Crippen LogP) is 4.20. The summed E-state index contributed by atoms with van der Waals surface area (Å²) >= 11 is 1.59. The molecule has 0 unspecified atom stereocenters. The summed E-state index contributed by atoms with van der Waals surface area (Å²) in [6, 6.07) is 17.9. The fourth-order valence-corrected chi connectivity index (χ4v) is 3.86. The summed E-state index contributed by atoms with van der Waals surface area (Å²) in [6.45, 7) is 3.82. The van der Waals surface area contributed by atoms with Crippen molar-refractivity contribution in [3.8, 4) is 0 Å². The van der Waals surface area contributed by atoms with Crippen LogP contribution in [0.4, 0.5) is 5.69 Å². The number of hydrogen-bond donors (Lipinski definition) is 1. The van der Waals surface area contributed by atoms with Crippen molar-refractivity contribution in [2.75, 3.05) is 5.32 Å². The fraction of sp³-hybridized carbons (Fsp3) is 0.118. The monoisotopic (exact) mass is 281 g/mol. The summed E-state index contributed by atoms with van der Waals surface area (Å²) in [5, 5.41) is 2.99. The highest BCUT2D eigenvalue weighted by atomic mass is 32.2. The Morgan fingerprint density at radius 2 is 1.80 bits per heavy atom. The molecule has 2 aromatic rings. The molecule has 0 aliphatic carbocycles. The molecule has 3 heteroatoms. The number of carbonyl (C=O) groups is 1. The lowest BCUT2D eigenvalue weighted by Crippen LogP contribution is -2.30. The number of nitrogens with one attached hydrogen (secondary N) is 1. The van der Waals surface area contributed by atoms with Gasteiger partial charge < -0.3 is 5.32 Å². The van der Waals surface area contributed by atoms with E-state index in [4.69, 9.17) is 0 Å². The van der Waals surface area contributed by atoms with Gasteiger partial charge in [0.25, 0.3) is 0 Å². The second-order valence-electron chi connectivity index (χ2n) is 4.73. The van der Waals surface area contributed by atoms with Crippen molar-refractivity contribution in [2.45, 2.75) is 16.1 Å². The number of rotatable bonds is 4. The van der Waals surface area contributed by atoms with Crippen molar-refractivity contribution >= 4 is 23.4 Å². The molecule has 3 rings (SSSR count). The Bertz CT molecular complexity index is 653. The second kappa shape index (κ2) is 5.17. The molecule has 1 aliphatic rings. The maximum atomic E-state index is 12.6. The highest BCUT2D eigenvalue weighted by Crippen LogP contribution is 2.51. The van der Waals surface area contributed by atoms with Gasteiger partial charge in [-0.3, -0.25) is 4.79 Å². The number of benzene rings is 2. The Morgan fingerprint density at radius 3 is 2.55 bits per heavy atom. The van der Waals surface area contributed by atoms with Crippen LogP contribution in [0.25, 0.3) is 0 Å². The zero-order chi connectivity index (χ0) is 14.0. The van der Waals surface area contributed by atoms with E-state index in [0.717, 1.165) is 16.1 Å². The standard InChI is InChI=1S/C17H15NOS/c1-2-12-17(20-13-8-4-3-5-9-13)14-10-6-7-11-15(14)18-16(17)19/h2-11H,1,12H2,(H,18,19)/t17-/m1/s1. The van der Waals surface area contributed by atoms with Gasteiger partial charge in [-0.1, -0.05) is 42.5 Å². The van der Waals surface area contributed by atoms with E-state index in [1.807, 2.05) is 60.7 Å². The van der Waals surface area contributed by atoms with Crippen molar-refractivity contribution < 1.29 is 4.79 Å². The molecule has 0 saturated carbocycles. The number of anilines is 1. The molecule has 20 heavy (non-hydrogen) atoms. The molecule has 2 aromatic carbocycles. The summed E-state index contributed by atoms with van der Waals surface area (Å²) in [4.78, 5) is 13.7. The maximum Gasteiger partial charge on any atom is 0.245 e. The number of para-hydroxylation sites is 1. The van der Waals surface area contributed by atoms with Gasteiger partial charge in [-0.2, -0.15) is 0 Å². The van der Waals surface area contributed by atoms with Crippen molar-refractivity contribution in [2.24, 2.45) is 0 Å². The number of thioether (sulfide) groups is 1.